The van der Waals surface area contributed by atoms with Crippen LogP contribution in [0.25, 0.3) is 0 Å². The van der Waals surface area contributed by atoms with Crippen molar-refractivity contribution in [3.8, 4) is 11.5 Å². The van der Waals surface area contributed by atoms with E-state index < -0.39 is 29.3 Å². The maximum atomic E-state index is 14.3. The molecule has 0 saturated carbocycles. The highest BCUT2D eigenvalue weighted by Gasteiger charge is 2.38. The first-order valence-electron chi connectivity index (χ1n) is 11.9. The van der Waals surface area contributed by atoms with Gasteiger partial charge in [0.05, 0.1) is 25.6 Å². The fourth-order valence-corrected chi connectivity index (χ4v) is 4.53. The van der Waals surface area contributed by atoms with E-state index in [4.69, 9.17) is 20.9 Å². The number of benzene rings is 2. The number of aryl methyl sites for hydroxylation is 1. The Bertz CT molecular complexity index is 1340. The number of hydrogen-bond donors (Lipinski definition) is 3. The summed E-state index contributed by atoms with van der Waals surface area (Å²) in [6.07, 6.45) is 0.652. The van der Waals surface area contributed by atoms with Crippen LogP contribution in [0.4, 0.5) is 11.4 Å². The van der Waals surface area contributed by atoms with E-state index in [1.165, 1.54) is 12.0 Å². The summed E-state index contributed by atoms with van der Waals surface area (Å²) in [6.45, 7) is 7.62. The van der Waals surface area contributed by atoms with Gasteiger partial charge in [0.15, 0.2) is 5.69 Å². The number of amides is 3. The van der Waals surface area contributed by atoms with E-state index in [1.807, 2.05) is 33.8 Å². The van der Waals surface area contributed by atoms with E-state index >= 15 is 0 Å². The van der Waals surface area contributed by atoms with Crippen molar-refractivity contribution in [3.05, 3.63) is 64.2 Å². The van der Waals surface area contributed by atoms with Crippen molar-refractivity contribution < 1.29 is 23.9 Å². The number of carbonyl (C=O) groups is 3. The minimum Gasteiger partial charge on any atom is -0.497 e. The normalized spacial score (nSPS) is 11.9. The van der Waals surface area contributed by atoms with Gasteiger partial charge in [0.1, 0.15) is 22.4 Å². The van der Waals surface area contributed by atoms with E-state index in [1.54, 1.807) is 43.5 Å². The molecular formula is C27H33N5O5S. The predicted octanol–water partition coefficient (Wildman–Crippen LogP) is 3.84. The number of nitrogens with one attached hydrogen (secondary N) is 1. The molecule has 0 saturated heterocycles. The first-order valence-corrected chi connectivity index (χ1v) is 12.7. The van der Waals surface area contributed by atoms with Crippen LogP contribution in [-0.2, 0) is 4.79 Å². The second-order valence-corrected chi connectivity index (χ2v) is 10.2. The van der Waals surface area contributed by atoms with Gasteiger partial charge >= 0.3 is 0 Å². The van der Waals surface area contributed by atoms with Gasteiger partial charge in [0, 0.05) is 5.54 Å². The molecule has 0 fully saturated rings. The van der Waals surface area contributed by atoms with E-state index in [0.717, 1.165) is 17.1 Å². The summed E-state index contributed by atoms with van der Waals surface area (Å²) in [6, 6.07) is 11.0. The summed E-state index contributed by atoms with van der Waals surface area (Å²) in [4.78, 5) is 41.4. The largest absolute Gasteiger partial charge is 0.497 e. The third-order valence-electron chi connectivity index (χ3n) is 6.25. The molecule has 5 N–H and O–H groups in total. The number of nitrogen functional groups attached to an aromatic ring is 1. The summed E-state index contributed by atoms with van der Waals surface area (Å²) >= 11 is 0.742. The lowest BCUT2D eigenvalue weighted by Crippen LogP contribution is -2.50. The molecule has 0 aliphatic carbocycles. The molecule has 10 nitrogen and oxygen atoms in total. The summed E-state index contributed by atoms with van der Waals surface area (Å²) < 4.78 is 14.9. The molecule has 1 heterocycles. The van der Waals surface area contributed by atoms with Gasteiger partial charge < -0.3 is 26.3 Å². The topological polar surface area (TPSA) is 150 Å². The predicted molar refractivity (Wildman–Crippen MR) is 148 cm³/mol. The molecule has 3 aromatic rings. The maximum Gasteiger partial charge on any atom is 0.273 e. The van der Waals surface area contributed by atoms with Crippen molar-refractivity contribution in [2.24, 2.45) is 5.73 Å². The Morgan fingerprint density at radius 2 is 1.76 bits per heavy atom. The van der Waals surface area contributed by atoms with Crippen LogP contribution < -0.4 is 31.2 Å². The summed E-state index contributed by atoms with van der Waals surface area (Å²) in [7, 11) is 3.02. The van der Waals surface area contributed by atoms with Crippen LogP contribution in [0.3, 0.4) is 0 Å². The van der Waals surface area contributed by atoms with Crippen molar-refractivity contribution >= 4 is 40.6 Å². The monoisotopic (exact) mass is 539 g/mol. The fraction of sp³-hybridized carbons (Fsp3) is 0.333. The number of aromatic nitrogens is 1. The first kappa shape index (κ1) is 28.5. The Morgan fingerprint density at radius 1 is 1.11 bits per heavy atom. The van der Waals surface area contributed by atoms with Crippen LogP contribution in [0, 0.1) is 6.92 Å². The zero-order chi connectivity index (χ0) is 28.2. The van der Waals surface area contributed by atoms with Gasteiger partial charge in [-0.2, -0.15) is 4.37 Å². The zero-order valence-electron chi connectivity index (χ0n) is 22.3. The molecule has 1 unspecified atom stereocenters. The van der Waals surface area contributed by atoms with E-state index in [9.17, 15) is 14.4 Å². The van der Waals surface area contributed by atoms with Gasteiger partial charge in [-0.05, 0) is 74.1 Å². The van der Waals surface area contributed by atoms with Crippen molar-refractivity contribution in [2.75, 3.05) is 24.9 Å². The Labute approximate surface area is 226 Å². The molecule has 3 rings (SSSR count). The fourth-order valence-electron chi connectivity index (χ4n) is 3.79. The van der Waals surface area contributed by atoms with Gasteiger partial charge in [-0.1, -0.05) is 25.1 Å². The van der Waals surface area contributed by atoms with Crippen LogP contribution in [0.2, 0.25) is 0 Å². The first-order chi connectivity index (χ1) is 17.9. The average Bonchev–Trinajstić information content (AvgIpc) is 3.28. The number of nitrogens with two attached hydrogens (primary N) is 2. The Morgan fingerprint density at radius 3 is 2.29 bits per heavy atom. The Balaban J connectivity index is 2.32. The van der Waals surface area contributed by atoms with Gasteiger partial charge in [0.25, 0.3) is 11.8 Å². The zero-order valence-corrected chi connectivity index (χ0v) is 23.1. The smallest absolute Gasteiger partial charge is 0.273 e. The molecule has 0 aliphatic rings. The molecule has 38 heavy (non-hydrogen) atoms. The number of primary amides is 1. The molecule has 2 aromatic carbocycles. The van der Waals surface area contributed by atoms with Crippen LogP contribution in [0.15, 0.2) is 42.5 Å². The Hall–Kier alpha value is -4.12. The van der Waals surface area contributed by atoms with Crippen LogP contribution in [-0.4, -0.2) is 41.9 Å². The number of anilines is 2. The number of hydrogen-bond acceptors (Lipinski definition) is 8. The molecule has 202 valence electrons. The van der Waals surface area contributed by atoms with Crippen molar-refractivity contribution in [3.63, 3.8) is 0 Å². The van der Waals surface area contributed by atoms with Gasteiger partial charge in [-0.25, -0.2) is 0 Å². The molecule has 0 radical (unpaired) electrons. The van der Waals surface area contributed by atoms with Crippen LogP contribution in [0.1, 0.15) is 64.5 Å². The molecule has 1 atom stereocenters. The molecule has 0 aliphatic heterocycles. The number of nitrogens with zero attached hydrogens (tertiary/aromatic N) is 2. The number of rotatable bonds is 10. The van der Waals surface area contributed by atoms with E-state index in [0.29, 0.717) is 29.2 Å². The molecule has 1 aromatic heterocycles. The highest BCUT2D eigenvalue weighted by atomic mass is 32.1. The lowest BCUT2D eigenvalue weighted by Gasteiger charge is -2.35. The Kier molecular flexibility index (Phi) is 8.62. The standard InChI is InChI=1S/C27H33N5O5S/c1-7-27(3,4)30-25(34)22(16-9-11-17(36-5)12-10-16)32(18-14-15(2)8-13-19(18)37-6)26(35)23-20(28)21(24(29)33)31-38-23/h8-14,22H,7,28H2,1-6H3,(H2,29,33)(H,30,34). The molecule has 0 spiro atoms. The number of carbonyl (C=O) groups excluding carboxylic acids is 3. The second-order valence-electron chi connectivity index (χ2n) is 9.39. The molecule has 0 bridgehead atoms. The maximum absolute atomic E-state index is 14.3. The third-order valence-corrected chi connectivity index (χ3v) is 7.10. The minimum absolute atomic E-state index is 0.0246. The van der Waals surface area contributed by atoms with E-state index in [2.05, 4.69) is 9.69 Å². The highest BCUT2D eigenvalue weighted by molar-refractivity contribution is 7.09. The number of methoxy groups -OCH3 is 2. The third kappa shape index (κ3) is 5.88. The van der Waals surface area contributed by atoms with Gasteiger partial charge in [0.2, 0.25) is 5.91 Å². The summed E-state index contributed by atoms with van der Waals surface area (Å²) in [5.74, 6) is -0.959. The SMILES string of the molecule is CCC(C)(C)NC(=O)C(c1ccc(OC)cc1)N(C(=O)c1snc(C(N)=O)c1N)c1cc(C)ccc1OC. The molecule has 11 heteroatoms. The second kappa shape index (κ2) is 11.5. The number of ether oxygens (including phenoxy) is 2. The van der Waals surface area contributed by atoms with Crippen molar-refractivity contribution in [1.29, 1.82) is 0 Å². The molecular weight excluding hydrogens is 506 g/mol. The van der Waals surface area contributed by atoms with Gasteiger partial charge in [-0.3, -0.25) is 19.3 Å². The van der Waals surface area contributed by atoms with Crippen LogP contribution >= 0.6 is 11.5 Å². The average molecular weight is 540 g/mol. The van der Waals surface area contributed by atoms with Crippen LogP contribution in [0.5, 0.6) is 11.5 Å². The quantitative estimate of drug-likeness (QED) is 0.354. The molecule has 3 amide bonds. The lowest BCUT2D eigenvalue weighted by molar-refractivity contribution is -0.124. The van der Waals surface area contributed by atoms with E-state index in [-0.39, 0.29) is 16.3 Å². The van der Waals surface area contributed by atoms with Gasteiger partial charge in [-0.15, -0.1) is 0 Å². The van der Waals surface area contributed by atoms with Crippen molar-refractivity contribution in [1.82, 2.24) is 9.69 Å². The highest BCUT2D eigenvalue weighted by Crippen LogP contribution is 2.39. The van der Waals surface area contributed by atoms with Crippen molar-refractivity contribution in [2.45, 2.75) is 45.7 Å². The summed E-state index contributed by atoms with van der Waals surface area (Å²) in [5.41, 5.74) is 12.3. The minimum atomic E-state index is -1.14. The lowest BCUT2D eigenvalue weighted by atomic mass is 9.97. The summed E-state index contributed by atoms with van der Waals surface area (Å²) in [5, 5.41) is 3.06.